The van der Waals surface area contributed by atoms with Crippen LogP contribution in [-0.2, 0) is 6.61 Å². The maximum absolute atomic E-state index is 13.5. The van der Waals surface area contributed by atoms with Crippen LogP contribution in [0.5, 0.6) is 0 Å². The quantitative estimate of drug-likeness (QED) is 0.830. The van der Waals surface area contributed by atoms with Gasteiger partial charge in [-0.15, -0.1) is 0 Å². The van der Waals surface area contributed by atoms with Crippen molar-refractivity contribution in [2.45, 2.75) is 19.4 Å². The second-order valence-electron chi connectivity index (χ2n) is 4.64. The Balaban J connectivity index is 2.05. The number of carbonyl (C=O) groups excluding carboxylic acids is 2. The lowest BCUT2D eigenvalue weighted by molar-refractivity contribution is 0.0914. The maximum Gasteiger partial charge on any atom is 0.166 e. The van der Waals surface area contributed by atoms with Crippen LogP contribution < -0.4 is 0 Å². The summed E-state index contributed by atoms with van der Waals surface area (Å²) in [6.45, 7) is -0.233. The summed E-state index contributed by atoms with van der Waals surface area (Å²) in [4.78, 5) is 24.0. The van der Waals surface area contributed by atoms with Crippen LogP contribution in [0.2, 0.25) is 0 Å². The van der Waals surface area contributed by atoms with E-state index in [0.717, 1.165) is 0 Å². The Morgan fingerprint density at radius 1 is 0.857 bits per heavy atom. The molecule has 0 saturated heterocycles. The topological polar surface area (TPSA) is 54.4 Å². The molecule has 0 atom stereocenters. The highest BCUT2D eigenvalue weighted by molar-refractivity contribution is 6.02. The summed E-state index contributed by atoms with van der Waals surface area (Å²) in [6.07, 6.45) is -0.0658. The van der Waals surface area contributed by atoms with Crippen LogP contribution in [0.25, 0.3) is 0 Å². The Morgan fingerprint density at radius 3 is 2.00 bits per heavy atom. The Labute approximate surface area is 122 Å². The molecule has 0 heterocycles. The largest absolute Gasteiger partial charge is 0.392 e. The molecule has 0 bridgehead atoms. The molecule has 21 heavy (non-hydrogen) atoms. The molecule has 0 aliphatic rings. The number of ketones is 2. The lowest BCUT2D eigenvalue weighted by Gasteiger charge is -2.06. The number of hydrogen-bond donors (Lipinski definition) is 1. The fourth-order valence-corrected chi connectivity index (χ4v) is 2.11. The van der Waals surface area contributed by atoms with Crippen LogP contribution in [0.1, 0.15) is 39.1 Å². The van der Waals surface area contributed by atoms with Gasteiger partial charge < -0.3 is 5.11 Å². The van der Waals surface area contributed by atoms with Crippen molar-refractivity contribution >= 4 is 11.6 Å². The second kappa shape index (κ2) is 6.90. The van der Waals surface area contributed by atoms with Crippen LogP contribution in [-0.4, -0.2) is 16.7 Å². The van der Waals surface area contributed by atoms with Crippen LogP contribution in [0.4, 0.5) is 4.39 Å². The Bertz CT molecular complexity index is 665. The summed E-state index contributed by atoms with van der Waals surface area (Å²) in [7, 11) is 0. The number of halogens is 1. The summed E-state index contributed by atoms with van der Waals surface area (Å²) in [6, 6.07) is 12.4. The van der Waals surface area contributed by atoms with E-state index in [0.29, 0.717) is 11.1 Å². The van der Waals surface area contributed by atoms with Gasteiger partial charge in [0.05, 0.1) is 12.2 Å². The normalized spacial score (nSPS) is 10.4. The zero-order valence-electron chi connectivity index (χ0n) is 11.4. The number of benzene rings is 2. The number of aliphatic hydroxyl groups excluding tert-OH is 1. The van der Waals surface area contributed by atoms with E-state index in [1.165, 1.54) is 18.2 Å². The minimum absolute atomic E-state index is 0.000688. The molecular weight excluding hydrogens is 271 g/mol. The molecule has 3 nitrogen and oxygen atoms in total. The molecule has 0 aromatic heterocycles. The van der Waals surface area contributed by atoms with E-state index in [4.69, 9.17) is 0 Å². The molecule has 0 saturated carbocycles. The fourth-order valence-electron chi connectivity index (χ4n) is 2.11. The molecule has 0 spiro atoms. The lowest BCUT2D eigenvalue weighted by Crippen LogP contribution is -2.08. The SMILES string of the molecule is O=C(CCC(=O)c1ccccc1CO)c1ccccc1F. The first-order chi connectivity index (χ1) is 10.1. The number of rotatable bonds is 6. The zero-order valence-corrected chi connectivity index (χ0v) is 11.4. The predicted octanol–water partition coefficient (Wildman–Crippen LogP) is 3.16. The van der Waals surface area contributed by atoms with Crippen molar-refractivity contribution in [1.29, 1.82) is 0 Å². The molecule has 0 amide bonds. The minimum Gasteiger partial charge on any atom is -0.392 e. The molecule has 2 aromatic rings. The van der Waals surface area contributed by atoms with E-state index >= 15 is 0 Å². The third kappa shape index (κ3) is 3.61. The third-order valence-electron chi connectivity index (χ3n) is 3.24. The van der Waals surface area contributed by atoms with Crippen molar-refractivity contribution < 1.29 is 19.1 Å². The first-order valence-electron chi connectivity index (χ1n) is 6.63. The molecule has 0 unspecified atom stereocenters. The van der Waals surface area contributed by atoms with E-state index in [1.807, 2.05) is 0 Å². The number of aliphatic hydroxyl groups is 1. The molecule has 2 aromatic carbocycles. The number of carbonyl (C=O) groups is 2. The summed E-state index contributed by atoms with van der Waals surface area (Å²) in [5.41, 5.74) is 0.933. The van der Waals surface area contributed by atoms with Gasteiger partial charge in [0.2, 0.25) is 0 Å². The van der Waals surface area contributed by atoms with Crippen molar-refractivity contribution in [2.75, 3.05) is 0 Å². The zero-order chi connectivity index (χ0) is 15.2. The molecule has 2 rings (SSSR count). The van der Waals surface area contributed by atoms with E-state index in [2.05, 4.69) is 0 Å². The standard InChI is InChI=1S/C17H15FO3/c18-15-8-4-3-7-14(15)17(21)10-9-16(20)13-6-2-1-5-12(13)11-19/h1-8,19H,9-11H2. The molecule has 0 fully saturated rings. The summed E-state index contributed by atoms with van der Waals surface area (Å²) >= 11 is 0. The highest BCUT2D eigenvalue weighted by Crippen LogP contribution is 2.15. The van der Waals surface area contributed by atoms with E-state index < -0.39 is 11.6 Å². The number of hydrogen-bond acceptors (Lipinski definition) is 3. The maximum atomic E-state index is 13.5. The van der Waals surface area contributed by atoms with Gasteiger partial charge in [-0.05, 0) is 17.7 Å². The van der Waals surface area contributed by atoms with Crippen molar-refractivity contribution in [3.05, 3.63) is 71.0 Å². The van der Waals surface area contributed by atoms with Crippen LogP contribution >= 0.6 is 0 Å². The van der Waals surface area contributed by atoms with Gasteiger partial charge in [0.1, 0.15) is 5.82 Å². The first kappa shape index (κ1) is 15.1. The highest BCUT2D eigenvalue weighted by Gasteiger charge is 2.15. The van der Waals surface area contributed by atoms with Gasteiger partial charge in [-0.1, -0.05) is 36.4 Å². The summed E-state index contributed by atoms with van der Waals surface area (Å²) < 4.78 is 13.5. The van der Waals surface area contributed by atoms with Gasteiger partial charge >= 0.3 is 0 Å². The van der Waals surface area contributed by atoms with E-state index in [1.54, 1.807) is 30.3 Å². The average molecular weight is 286 g/mol. The van der Waals surface area contributed by atoms with Gasteiger partial charge in [0.15, 0.2) is 11.6 Å². The molecule has 0 aliphatic heterocycles. The van der Waals surface area contributed by atoms with E-state index in [9.17, 15) is 19.1 Å². The van der Waals surface area contributed by atoms with Gasteiger partial charge in [-0.25, -0.2) is 4.39 Å². The van der Waals surface area contributed by atoms with Crippen molar-refractivity contribution in [1.82, 2.24) is 0 Å². The third-order valence-corrected chi connectivity index (χ3v) is 3.24. The second-order valence-corrected chi connectivity index (χ2v) is 4.64. The fraction of sp³-hybridized carbons (Fsp3) is 0.176. The van der Waals surface area contributed by atoms with Crippen molar-refractivity contribution in [2.24, 2.45) is 0 Å². The van der Waals surface area contributed by atoms with E-state index in [-0.39, 0.29) is 30.8 Å². The average Bonchev–Trinajstić information content (AvgIpc) is 2.52. The molecule has 108 valence electrons. The van der Waals surface area contributed by atoms with Gasteiger partial charge in [-0.3, -0.25) is 9.59 Å². The molecule has 4 heteroatoms. The molecular formula is C17H15FO3. The van der Waals surface area contributed by atoms with Crippen LogP contribution in [0, 0.1) is 5.82 Å². The van der Waals surface area contributed by atoms with Crippen molar-refractivity contribution in [3.8, 4) is 0 Å². The monoisotopic (exact) mass is 286 g/mol. The van der Waals surface area contributed by atoms with Crippen molar-refractivity contribution in [3.63, 3.8) is 0 Å². The van der Waals surface area contributed by atoms with Gasteiger partial charge in [0.25, 0.3) is 0 Å². The number of Topliss-reactive ketones (excluding diaryl/α,β-unsaturated/α-hetero) is 2. The first-order valence-corrected chi connectivity index (χ1v) is 6.63. The lowest BCUT2D eigenvalue weighted by atomic mass is 9.98. The summed E-state index contributed by atoms with van der Waals surface area (Å²) in [5, 5.41) is 9.19. The molecule has 0 radical (unpaired) electrons. The predicted molar refractivity (Wildman–Crippen MR) is 76.7 cm³/mol. The van der Waals surface area contributed by atoms with Crippen LogP contribution in [0.15, 0.2) is 48.5 Å². The Hall–Kier alpha value is -2.33. The summed E-state index contributed by atoms with van der Waals surface area (Å²) in [5.74, 6) is -1.21. The van der Waals surface area contributed by atoms with Crippen LogP contribution in [0.3, 0.4) is 0 Å². The molecule has 1 N–H and O–H groups in total. The van der Waals surface area contributed by atoms with Gasteiger partial charge in [0, 0.05) is 18.4 Å². The molecule has 0 aliphatic carbocycles. The Morgan fingerprint density at radius 2 is 1.38 bits per heavy atom. The smallest absolute Gasteiger partial charge is 0.166 e. The minimum atomic E-state index is -0.578. The van der Waals surface area contributed by atoms with Gasteiger partial charge in [-0.2, -0.15) is 0 Å². The Kier molecular flexibility index (Phi) is 4.95. The highest BCUT2D eigenvalue weighted by atomic mass is 19.1.